The normalized spacial score (nSPS) is 12.6. The van der Waals surface area contributed by atoms with Crippen LogP contribution < -0.4 is 0 Å². The van der Waals surface area contributed by atoms with Crippen LogP contribution in [0.15, 0.2) is 78.9 Å². The molecule has 1 nitrogen and oxygen atoms in total. The molecule has 0 aliphatic heterocycles. The molecule has 0 spiro atoms. The molecule has 0 atom stereocenters. The topological polar surface area (TPSA) is 20.2 Å². The molecule has 0 heterocycles. The standard InChI is InChI=1S/C18H16.C6H6O.H2Se/c1-3-7-15-13(5-1)9-11-18-16-8-4-2-6-14(16)10-12-17(15)18;7-6-4-2-1-3-5-6;/h1,3,5,7,9-12H,2,4,6,8H2;1-5,7H;1H2. The van der Waals surface area contributed by atoms with Gasteiger partial charge in [-0.2, -0.15) is 0 Å². The third-order valence-electron chi connectivity index (χ3n) is 5.01. The van der Waals surface area contributed by atoms with Gasteiger partial charge in [0.25, 0.3) is 0 Å². The summed E-state index contributed by atoms with van der Waals surface area (Å²) in [6.07, 6.45) is 5.22. The van der Waals surface area contributed by atoms with Gasteiger partial charge in [-0.3, -0.25) is 0 Å². The molecule has 0 amide bonds. The van der Waals surface area contributed by atoms with Crippen molar-refractivity contribution in [2.75, 3.05) is 0 Å². The minimum Gasteiger partial charge on any atom is -0.0616 e. The van der Waals surface area contributed by atoms with E-state index >= 15 is 0 Å². The number of aryl methyl sites for hydroxylation is 2. The summed E-state index contributed by atoms with van der Waals surface area (Å²) < 4.78 is 0. The number of rotatable bonds is 0. The summed E-state index contributed by atoms with van der Waals surface area (Å²) in [5.41, 5.74) is 3.17. The fraction of sp³-hybridized carbons (Fsp3) is 0.167. The summed E-state index contributed by atoms with van der Waals surface area (Å²) in [6, 6.07) is 26.7. The van der Waals surface area contributed by atoms with Crippen LogP contribution in [0, 0.1) is 0 Å². The van der Waals surface area contributed by atoms with Gasteiger partial charge in [-0.25, -0.2) is 0 Å². The third kappa shape index (κ3) is 3.77. The summed E-state index contributed by atoms with van der Waals surface area (Å²) in [5, 5.41) is 14.3. The minimum absolute atomic E-state index is 0. The van der Waals surface area contributed by atoms with Crippen LogP contribution in [-0.2, 0) is 12.8 Å². The van der Waals surface area contributed by atoms with Gasteiger partial charge in [0.05, 0.1) is 0 Å². The number of aromatic hydroxyl groups is 1. The van der Waals surface area contributed by atoms with Crippen molar-refractivity contribution in [3.8, 4) is 5.75 Å². The van der Waals surface area contributed by atoms with Crippen molar-refractivity contribution >= 4 is 38.6 Å². The van der Waals surface area contributed by atoms with Crippen LogP contribution in [0.25, 0.3) is 21.5 Å². The predicted molar refractivity (Wildman–Crippen MR) is 115 cm³/mol. The first-order valence-corrected chi connectivity index (χ1v) is 8.99. The Hall–Kier alpha value is -2.28. The average Bonchev–Trinajstić information content (AvgIpc) is 2.68. The largest absolute Gasteiger partial charge is 0.0616 e. The number of fused-ring (bicyclic) bond motifs is 5. The van der Waals surface area contributed by atoms with Crippen molar-refractivity contribution in [2.45, 2.75) is 25.7 Å². The molecule has 26 heavy (non-hydrogen) atoms. The Morgan fingerprint density at radius 3 is 2.04 bits per heavy atom. The van der Waals surface area contributed by atoms with Gasteiger partial charge >= 0.3 is 17.1 Å². The fourth-order valence-electron chi connectivity index (χ4n) is 3.77. The van der Waals surface area contributed by atoms with E-state index in [1.54, 1.807) is 35.4 Å². The van der Waals surface area contributed by atoms with E-state index < -0.39 is 0 Å². The van der Waals surface area contributed by atoms with Crippen LogP contribution in [0.4, 0.5) is 0 Å². The molecule has 5 rings (SSSR count). The molecule has 0 unspecified atom stereocenters. The molecule has 0 fully saturated rings. The minimum atomic E-state index is 0. The predicted octanol–water partition coefficient (Wildman–Crippen LogP) is 5.35. The smallest absolute Gasteiger partial charge is 0.0102 e. The van der Waals surface area contributed by atoms with Crippen LogP contribution >= 0.6 is 0 Å². The van der Waals surface area contributed by atoms with Crippen molar-refractivity contribution < 1.29 is 5.11 Å². The van der Waals surface area contributed by atoms with E-state index in [1.165, 1.54) is 47.2 Å². The number of benzene rings is 4. The second kappa shape index (κ2) is 8.40. The molecule has 0 aromatic heterocycles. The molecule has 1 aliphatic rings. The third-order valence-corrected chi connectivity index (χ3v) is 5.01. The van der Waals surface area contributed by atoms with Crippen molar-refractivity contribution in [3.05, 3.63) is 90.0 Å². The molecule has 2 heteroatoms. The van der Waals surface area contributed by atoms with Gasteiger partial charge in [0.2, 0.25) is 0 Å². The fourth-order valence-corrected chi connectivity index (χ4v) is 3.77. The number of hydrogen-bond acceptors (Lipinski definition) is 1. The van der Waals surface area contributed by atoms with Crippen LogP contribution in [-0.4, -0.2) is 22.2 Å². The van der Waals surface area contributed by atoms with Crippen molar-refractivity contribution in [3.63, 3.8) is 0 Å². The van der Waals surface area contributed by atoms with Gasteiger partial charge in [-0.1, -0.05) is 66.7 Å². The maximum absolute atomic E-state index is 8.63. The number of phenols is 1. The summed E-state index contributed by atoms with van der Waals surface area (Å²) in [6.45, 7) is 0. The Kier molecular flexibility index (Phi) is 5.98. The Labute approximate surface area is 165 Å². The number of hydrogen-bond donors (Lipinski definition) is 1. The zero-order valence-electron chi connectivity index (χ0n) is 14.8. The molecule has 4 aromatic rings. The van der Waals surface area contributed by atoms with Crippen molar-refractivity contribution in [2.24, 2.45) is 0 Å². The summed E-state index contributed by atoms with van der Waals surface area (Å²) >= 11 is 0. The zero-order chi connectivity index (χ0) is 17.1. The molecule has 0 bridgehead atoms. The van der Waals surface area contributed by atoms with Gasteiger partial charge < -0.3 is 5.11 Å². The molecule has 1 aliphatic carbocycles. The summed E-state index contributed by atoms with van der Waals surface area (Å²) in [4.78, 5) is 0. The van der Waals surface area contributed by atoms with E-state index in [0.29, 0.717) is 5.75 Å². The zero-order valence-corrected chi connectivity index (χ0v) is 16.9. The Balaban J connectivity index is 0.000000210. The van der Waals surface area contributed by atoms with E-state index in [-0.39, 0.29) is 17.1 Å². The molecular weight excluding hydrogens is 383 g/mol. The monoisotopic (exact) mass is 408 g/mol. The van der Waals surface area contributed by atoms with Gasteiger partial charge in [0.15, 0.2) is 0 Å². The van der Waals surface area contributed by atoms with Crippen LogP contribution in [0.5, 0.6) is 5.75 Å². The Morgan fingerprint density at radius 1 is 0.577 bits per heavy atom. The van der Waals surface area contributed by atoms with E-state index in [0.717, 1.165) is 0 Å². The number of para-hydroxylation sites is 1. The molecule has 1 N–H and O–H groups in total. The van der Waals surface area contributed by atoms with Gasteiger partial charge in [0.1, 0.15) is 5.75 Å². The van der Waals surface area contributed by atoms with E-state index in [9.17, 15) is 0 Å². The SMILES string of the molecule is Oc1ccccc1.[SeH2].c1ccc2c(c1)ccc1c3c(ccc12)CCCC3. The first-order chi connectivity index (χ1) is 12.3. The molecule has 0 saturated carbocycles. The van der Waals surface area contributed by atoms with E-state index in [1.807, 2.05) is 6.07 Å². The van der Waals surface area contributed by atoms with Crippen LogP contribution in [0.3, 0.4) is 0 Å². The molecule has 0 radical (unpaired) electrons. The molecule has 4 aromatic carbocycles. The van der Waals surface area contributed by atoms with E-state index in [4.69, 9.17) is 5.11 Å². The van der Waals surface area contributed by atoms with E-state index in [2.05, 4.69) is 48.5 Å². The van der Waals surface area contributed by atoms with Gasteiger partial charge in [0, 0.05) is 0 Å². The number of phenolic OH excluding ortho intramolecular Hbond substituents is 1. The Morgan fingerprint density at radius 2 is 1.27 bits per heavy atom. The maximum atomic E-state index is 8.63. The van der Waals surface area contributed by atoms with Crippen molar-refractivity contribution in [1.29, 1.82) is 0 Å². The Bertz CT molecular complexity index is 1010. The van der Waals surface area contributed by atoms with Crippen LogP contribution in [0.1, 0.15) is 24.0 Å². The van der Waals surface area contributed by atoms with Crippen LogP contribution in [0.2, 0.25) is 0 Å². The molecule has 0 saturated heterocycles. The summed E-state index contributed by atoms with van der Waals surface area (Å²) in [5.74, 6) is 0.322. The van der Waals surface area contributed by atoms with Crippen molar-refractivity contribution in [1.82, 2.24) is 0 Å². The first kappa shape index (κ1) is 18.5. The second-order valence-electron chi connectivity index (χ2n) is 6.63. The molecule has 132 valence electrons. The maximum Gasteiger partial charge on any atom is -0.0102 e. The average molecular weight is 407 g/mol. The second-order valence-corrected chi connectivity index (χ2v) is 6.63. The quantitative estimate of drug-likeness (QED) is 0.308. The van der Waals surface area contributed by atoms with Gasteiger partial charge in [-0.05, 0) is 70.5 Å². The van der Waals surface area contributed by atoms with Gasteiger partial charge in [-0.15, -0.1) is 0 Å². The first-order valence-electron chi connectivity index (χ1n) is 8.99. The summed E-state index contributed by atoms with van der Waals surface area (Å²) in [7, 11) is 0. The molecular formula is C24H24OSe.